The largest absolute Gasteiger partial charge is 0.485 e. The molecule has 1 N–H and O–H groups in total. The maximum Gasteiger partial charge on any atom is 0.217 e. The number of hydrogen-bond acceptors (Lipinski definition) is 4. The fourth-order valence-electron chi connectivity index (χ4n) is 1.62. The van der Waals surface area contributed by atoms with E-state index in [1.807, 2.05) is 6.07 Å². The van der Waals surface area contributed by atoms with Crippen molar-refractivity contribution in [3.63, 3.8) is 0 Å². The minimum Gasteiger partial charge on any atom is -0.485 e. The molecule has 0 radical (unpaired) electrons. The Bertz CT molecular complexity index is 700. The number of carbonyl (C=O) groups excluding carboxylic acids is 2. The molecule has 7 heteroatoms. The van der Waals surface area contributed by atoms with Gasteiger partial charge in [0, 0.05) is 17.9 Å². The topological polar surface area (TPSA) is 55.4 Å². The third-order valence-corrected chi connectivity index (χ3v) is 4.57. The Kier molecular flexibility index (Phi) is 5.83. The average molecular weight is 358 g/mol. The molecule has 0 bridgehead atoms. The first-order valence-electron chi connectivity index (χ1n) is 6.40. The number of hydrogen-bond donors (Lipinski definition) is 1. The Morgan fingerprint density at radius 1 is 1.18 bits per heavy atom. The maximum atomic E-state index is 12.1. The molecule has 1 aromatic carbocycles. The summed E-state index contributed by atoms with van der Waals surface area (Å²) >= 11 is 13.0. The van der Waals surface area contributed by atoms with E-state index in [1.54, 1.807) is 24.3 Å². The number of amides is 1. The summed E-state index contributed by atoms with van der Waals surface area (Å²) in [5.74, 6) is 0.243. The summed E-state index contributed by atoms with van der Waals surface area (Å²) in [6, 6.07) is 8.36. The van der Waals surface area contributed by atoms with Crippen LogP contribution in [0.3, 0.4) is 0 Å². The van der Waals surface area contributed by atoms with Crippen LogP contribution >= 0.6 is 34.5 Å². The predicted octanol–water partition coefficient (Wildman–Crippen LogP) is 3.95. The Labute approximate surface area is 142 Å². The van der Waals surface area contributed by atoms with Crippen LogP contribution in [-0.2, 0) is 11.3 Å². The number of thiophene rings is 1. The summed E-state index contributed by atoms with van der Waals surface area (Å²) in [6.07, 6.45) is 0. The zero-order valence-corrected chi connectivity index (χ0v) is 14.0. The molecule has 1 aromatic heterocycles. The van der Waals surface area contributed by atoms with Gasteiger partial charge in [-0.15, -0.1) is 11.3 Å². The highest BCUT2D eigenvalue weighted by Crippen LogP contribution is 2.26. The molecular weight excluding hydrogens is 345 g/mol. The van der Waals surface area contributed by atoms with Gasteiger partial charge in [-0.25, -0.2) is 0 Å². The van der Waals surface area contributed by atoms with Gasteiger partial charge in [-0.05, 0) is 24.3 Å². The molecule has 0 saturated carbocycles. The number of benzene rings is 1. The van der Waals surface area contributed by atoms with E-state index in [1.165, 1.54) is 18.3 Å². The standard InChI is InChI=1S/C15H13Cl2NO3S/c1-9(19)18-7-11-3-5-15(22-11)14(20)8-21-10-2-4-12(16)13(17)6-10/h2-6H,7-8H2,1H3,(H,18,19). The van der Waals surface area contributed by atoms with Crippen LogP contribution in [0.5, 0.6) is 5.75 Å². The van der Waals surface area contributed by atoms with Gasteiger partial charge in [0.2, 0.25) is 11.7 Å². The van der Waals surface area contributed by atoms with Gasteiger partial charge < -0.3 is 10.1 Å². The van der Waals surface area contributed by atoms with Gasteiger partial charge in [0.1, 0.15) is 5.75 Å². The van der Waals surface area contributed by atoms with Gasteiger partial charge in [0.05, 0.1) is 21.5 Å². The minimum absolute atomic E-state index is 0.0853. The third kappa shape index (κ3) is 4.73. The highest BCUT2D eigenvalue weighted by molar-refractivity contribution is 7.14. The van der Waals surface area contributed by atoms with Crippen LogP contribution in [0.25, 0.3) is 0 Å². The molecule has 0 unspecified atom stereocenters. The second-order valence-electron chi connectivity index (χ2n) is 4.46. The summed E-state index contributed by atoms with van der Waals surface area (Å²) < 4.78 is 5.41. The molecule has 2 rings (SSSR count). The minimum atomic E-state index is -0.134. The molecule has 116 valence electrons. The zero-order valence-electron chi connectivity index (χ0n) is 11.7. The monoisotopic (exact) mass is 357 g/mol. The van der Waals surface area contributed by atoms with E-state index in [2.05, 4.69) is 5.32 Å². The summed E-state index contributed by atoms with van der Waals surface area (Å²) in [4.78, 5) is 24.4. The fourth-order valence-corrected chi connectivity index (χ4v) is 2.78. The van der Waals surface area contributed by atoms with Crippen LogP contribution in [0.4, 0.5) is 0 Å². The number of ketones is 1. The van der Waals surface area contributed by atoms with Gasteiger partial charge in [0.15, 0.2) is 6.61 Å². The first-order chi connectivity index (χ1) is 10.5. The van der Waals surface area contributed by atoms with Crippen molar-refractivity contribution in [2.45, 2.75) is 13.5 Å². The molecule has 0 aliphatic rings. The van der Waals surface area contributed by atoms with Crippen LogP contribution in [0.2, 0.25) is 10.0 Å². The van der Waals surface area contributed by atoms with Crippen molar-refractivity contribution in [3.05, 3.63) is 50.1 Å². The Morgan fingerprint density at radius 3 is 2.64 bits per heavy atom. The second kappa shape index (κ2) is 7.63. The van der Waals surface area contributed by atoms with Crippen LogP contribution in [0.1, 0.15) is 21.5 Å². The van der Waals surface area contributed by atoms with Crippen LogP contribution in [0.15, 0.2) is 30.3 Å². The van der Waals surface area contributed by atoms with Gasteiger partial charge in [-0.2, -0.15) is 0 Å². The van der Waals surface area contributed by atoms with Crippen molar-refractivity contribution in [1.82, 2.24) is 5.32 Å². The van der Waals surface area contributed by atoms with Crippen LogP contribution in [0, 0.1) is 0 Å². The van der Waals surface area contributed by atoms with E-state index in [0.29, 0.717) is 27.2 Å². The Balaban J connectivity index is 1.91. The van der Waals surface area contributed by atoms with E-state index >= 15 is 0 Å². The number of carbonyl (C=O) groups is 2. The summed E-state index contributed by atoms with van der Waals surface area (Å²) in [7, 11) is 0. The van der Waals surface area contributed by atoms with Crippen LogP contribution < -0.4 is 10.1 Å². The number of rotatable bonds is 6. The SMILES string of the molecule is CC(=O)NCc1ccc(C(=O)COc2ccc(Cl)c(Cl)c2)s1. The number of Topliss-reactive ketones (excluding diaryl/α,β-unsaturated/α-hetero) is 1. The van der Waals surface area contributed by atoms with E-state index in [9.17, 15) is 9.59 Å². The molecule has 1 heterocycles. The lowest BCUT2D eigenvalue weighted by Gasteiger charge is -2.05. The molecule has 22 heavy (non-hydrogen) atoms. The number of nitrogens with one attached hydrogen (secondary N) is 1. The smallest absolute Gasteiger partial charge is 0.217 e. The second-order valence-corrected chi connectivity index (χ2v) is 6.45. The van der Waals surface area contributed by atoms with Crippen molar-refractivity contribution in [2.75, 3.05) is 6.61 Å². The van der Waals surface area contributed by atoms with Gasteiger partial charge in [-0.3, -0.25) is 9.59 Å². The fraction of sp³-hybridized carbons (Fsp3) is 0.200. The lowest BCUT2D eigenvalue weighted by molar-refractivity contribution is -0.119. The normalized spacial score (nSPS) is 10.3. The zero-order chi connectivity index (χ0) is 16.1. The molecule has 2 aromatic rings. The van der Waals surface area contributed by atoms with Gasteiger partial charge >= 0.3 is 0 Å². The summed E-state index contributed by atoms with van der Waals surface area (Å²) in [5, 5.41) is 3.49. The molecule has 0 saturated heterocycles. The third-order valence-electron chi connectivity index (χ3n) is 2.71. The average Bonchev–Trinajstić information content (AvgIpc) is 2.95. The molecule has 0 fully saturated rings. The lowest BCUT2D eigenvalue weighted by atomic mass is 10.3. The van der Waals surface area contributed by atoms with E-state index in [0.717, 1.165) is 4.88 Å². The number of halogens is 2. The first-order valence-corrected chi connectivity index (χ1v) is 7.97. The molecule has 1 amide bonds. The van der Waals surface area contributed by atoms with Crippen molar-refractivity contribution in [1.29, 1.82) is 0 Å². The lowest BCUT2D eigenvalue weighted by Crippen LogP contribution is -2.18. The maximum absolute atomic E-state index is 12.1. The van der Waals surface area contributed by atoms with E-state index in [-0.39, 0.29) is 18.3 Å². The van der Waals surface area contributed by atoms with Crippen molar-refractivity contribution in [3.8, 4) is 5.75 Å². The van der Waals surface area contributed by atoms with Crippen molar-refractivity contribution in [2.24, 2.45) is 0 Å². The molecule has 0 spiro atoms. The molecular formula is C15H13Cl2NO3S. The van der Waals surface area contributed by atoms with Gasteiger partial charge in [-0.1, -0.05) is 23.2 Å². The Morgan fingerprint density at radius 2 is 1.95 bits per heavy atom. The summed E-state index contributed by atoms with van der Waals surface area (Å²) in [6.45, 7) is 1.78. The first kappa shape index (κ1) is 16.8. The molecule has 0 aliphatic heterocycles. The number of ether oxygens (including phenoxy) is 1. The van der Waals surface area contributed by atoms with Crippen molar-refractivity contribution < 1.29 is 14.3 Å². The molecule has 4 nitrogen and oxygen atoms in total. The molecule has 0 atom stereocenters. The predicted molar refractivity (Wildman–Crippen MR) is 88.1 cm³/mol. The highest BCUT2D eigenvalue weighted by atomic mass is 35.5. The molecule has 0 aliphatic carbocycles. The van der Waals surface area contributed by atoms with Crippen LogP contribution in [-0.4, -0.2) is 18.3 Å². The van der Waals surface area contributed by atoms with Crippen molar-refractivity contribution >= 4 is 46.2 Å². The van der Waals surface area contributed by atoms with E-state index < -0.39 is 0 Å². The van der Waals surface area contributed by atoms with Gasteiger partial charge in [0.25, 0.3) is 0 Å². The summed E-state index contributed by atoms with van der Waals surface area (Å²) in [5.41, 5.74) is 0. The highest BCUT2D eigenvalue weighted by Gasteiger charge is 2.11. The Hall–Kier alpha value is -1.56. The quantitative estimate of drug-likeness (QED) is 0.796. The van der Waals surface area contributed by atoms with E-state index in [4.69, 9.17) is 27.9 Å².